The molecular weight excluding hydrogens is 604 g/mol. The molecule has 0 spiro atoms. The van der Waals surface area contributed by atoms with E-state index in [-0.39, 0.29) is 42.1 Å². The number of allylic oxidation sites excluding steroid dienone is 1. The fraction of sp³-hybridized carbons (Fsp3) is 0.583. The molecule has 252 valence electrons. The van der Waals surface area contributed by atoms with E-state index in [2.05, 4.69) is 17.2 Å². The van der Waals surface area contributed by atoms with Gasteiger partial charge >= 0.3 is 11.9 Å². The second kappa shape index (κ2) is 12.2. The molecule has 0 saturated heterocycles. The summed E-state index contributed by atoms with van der Waals surface area (Å²) in [6.07, 6.45) is 8.55. The minimum Gasteiger partial charge on any atom is -0.508 e. The molecule has 11 heteroatoms. The number of carboxylic acid groups (broad SMARTS) is 1. The van der Waals surface area contributed by atoms with Gasteiger partial charge in [-0.15, -0.1) is 0 Å². The summed E-state index contributed by atoms with van der Waals surface area (Å²) in [7, 11) is 0. The van der Waals surface area contributed by atoms with E-state index in [1.54, 1.807) is 12.3 Å². The number of aromatic hydroxyl groups is 1. The number of hydrogen-bond acceptors (Lipinski definition) is 8. The van der Waals surface area contributed by atoms with Crippen molar-refractivity contribution >= 4 is 40.3 Å². The van der Waals surface area contributed by atoms with Gasteiger partial charge in [0.15, 0.2) is 12.4 Å². The third kappa shape index (κ3) is 5.76. The summed E-state index contributed by atoms with van der Waals surface area (Å²) in [6.45, 7) is 3.70. The number of fused-ring (bicyclic) bond motifs is 6. The van der Waals surface area contributed by atoms with Gasteiger partial charge in [0.05, 0.1) is 6.42 Å². The number of aliphatic hydroxyl groups is 1. The van der Waals surface area contributed by atoms with E-state index < -0.39 is 47.3 Å². The van der Waals surface area contributed by atoms with Crippen LogP contribution in [0.5, 0.6) is 5.75 Å². The highest BCUT2D eigenvalue weighted by Gasteiger charge is 2.66. The van der Waals surface area contributed by atoms with Gasteiger partial charge in [-0.3, -0.25) is 19.2 Å². The Bertz CT molecular complexity index is 1660. The average molecular weight is 649 g/mol. The monoisotopic (exact) mass is 648 g/mol. The minimum absolute atomic E-state index is 0.0183. The number of hydrogen-bond donors (Lipinski definition) is 5. The summed E-state index contributed by atoms with van der Waals surface area (Å²) in [4.78, 5) is 65.7. The third-order valence-electron chi connectivity index (χ3n) is 12.3. The Labute approximate surface area is 273 Å². The molecule has 4 aliphatic carbocycles. The number of phenolic OH excluding ortho intramolecular Hbond substituents is 1. The van der Waals surface area contributed by atoms with Crippen LogP contribution in [-0.2, 0) is 35.1 Å². The Morgan fingerprint density at radius 2 is 1.81 bits per heavy atom. The number of carbonyl (C=O) groups excluding carboxylic acids is 4. The highest BCUT2D eigenvalue weighted by Crippen LogP contribution is 2.67. The molecule has 4 aliphatic rings. The smallest absolute Gasteiger partial charge is 0.326 e. The van der Waals surface area contributed by atoms with Gasteiger partial charge in [-0.1, -0.05) is 19.4 Å². The summed E-state index contributed by atoms with van der Waals surface area (Å²) in [5, 5.41) is 34.4. The van der Waals surface area contributed by atoms with Crippen molar-refractivity contribution in [3.63, 3.8) is 0 Å². The number of ether oxygens (including phenoxy) is 1. The number of carbonyl (C=O) groups is 5. The third-order valence-corrected chi connectivity index (χ3v) is 12.3. The van der Waals surface area contributed by atoms with Gasteiger partial charge in [-0.25, -0.2) is 4.79 Å². The maximum atomic E-state index is 13.5. The first-order valence-electron chi connectivity index (χ1n) is 16.7. The van der Waals surface area contributed by atoms with Gasteiger partial charge in [-0.05, 0) is 98.0 Å². The average Bonchev–Trinajstić information content (AvgIpc) is 3.56. The number of carboxylic acids is 1. The fourth-order valence-corrected chi connectivity index (χ4v) is 9.61. The maximum absolute atomic E-state index is 13.5. The summed E-state index contributed by atoms with van der Waals surface area (Å²) < 4.78 is 5.25. The molecule has 47 heavy (non-hydrogen) atoms. The minimum atomic E-state index is -1.62. The molecule has 0 bridgehead atoms. The van der Waals surface area contributed by atoms with E-state index in [1.165, 1.54) is 17.7 Å². The summed E-state index contributed by atoms with van der Waals surface area (Å²) in [6, 6.07) is 3.42. The van der Waals surface area contributed by atoms with Crippen molar-refractivity contribution in [3.05, 3.63) is 41.6 Å². The van der Waals surface area contributed by atoms with E-state index in [1.807, 2.05) is 13.0 Å². The topological polar surface area (TPSA) is 183 Å². The molecule has 11 nitrogen and oxygen atoms in total. The molecule has 3 unspecified atom stereocenters. The molecule has 1 aromatic carbocycles. The lowest BCUT2D eigenvalue weighted by Gasteiger charge is -2.58. The standard InChI is InChI=1S/C36H44N2O9/c1-34-12-9-23(40)16-21(34)3-5-24-26(34)10-13-35(2)27(24)11-14-36(35,46)30(41)19-47-32(43)8-7-31(42)38-29(33(44)45)15-20-18-37-28-6-4-22(39)17-25(20)28/h4,6,16-18,24,26-27,29,37,39,46H,3,5,7-15,19H2,1-2H3,(H,38,42)(H,44,45)/t24-,26?,27?,29?,34+,35+,36+/m1/s1. The van der Waals surface area contributed by atoms with Gasteiger partial charge < -0.3 is 30.4 Å². The molecule has 0 radical (unpaired) electrons. The Hall–Kier alpha value is -3.99. The molecule has 6 rings (SSSR count). The number of amides is 1. The number of Topliss-reactive ketones (excluding diaryl/α,β-unsaturated/α-hetero) is 1. The van der Waals surface area contributed by atoms with Crippen molar-refractivity contribution in [1.82, 2.24) is 10.3 Å². The van der Waals surface area contributed by atoms with Crippen LogP contribution in [0.3, 0.4) is 0 Å². The number of aliphatic carboxylic acids is 1. The van der Waals surface area contributed by atoms with E-state index in [4.69, 9.17) is 4.74 Å². The molecule has 1 amide bonds. The quantitative estimate of drug-likeness (QED) is 0.236. The zero-order chi connectivity index (χ0) is 33.7. The predicted octanol–water partition coefficient (Wildman–Crippen LogP) is 4.14. The largest absolute Gasteiger partial charge is 0.508 e. The Balaban J connectivity index is 1.01. The highest BCUT2D eigenvalue weighted by molar-refractivity contribution is 5.93. The number of benzene rings is 1. The molecule has 1 heterocycles. The van der Waals surface area contributed by atoms with Crippen molar-refractivity contribution in [3.8, 4) is 5.75 Å². The van der Waals surface area contributed by atoms with Gasteiger partial charge in [0.25, 0.3) is 0 Å². The zero-order valence-corrected chi connectivity index (χ0v) is 27.0. The first-order valence-corrected chi connectivity index (χ1v) is 16.7. The summed E-state index contributed by atoms with van der Waals surface area (Å²) in [5.74, 6) is -2.07. The normalized spacial score (nSPS) is 32.0. The van der Waals surface area contributed by atoms with Crippen LogP contribution in [0.15, 0.2) is 36.0 Å². The van der Waals surface area contributed by atoms with Crippen molar-refractivity contribution in [1.29, 1.82) is 0 Å². The Morgan fingerprint density at radius 1 is 1.04 bits per heavy atom. The van der Waals surface area contributed by atoms with Crippen LogP contribution in [0.25, 0.3) is 10.9 Å². The van der Waals surface area contributed by atoms with Crippen LogP contribution < -0.4 is 5.32 Å². The molecule has 3 saturated carbocycles. The van der Waals surface area contributed by atoms with E-state index in [0.29, 0.717) is 54.0 Å². The second-order valence-corrected chi connectivity index (χ2v) is 14.6. The van der Waals surface area contributed by atoms with Gasteiger partial charge in [0, 0.05) is 41.8 Å². The number of nitrogens with one attached hydrogen (secondary N) is 2. The van der Waals surface area contributed by atoms with E-state index in [0.717, 1.165) is 25.7 Å². The van der Waals surface area contributed by atoms with Gasteiger partial charge in [0.1, 0.15) is 17.4 Å². The first-order chi connectivity index (χ1) is 22.2. The molecule has 0 aliphatic heterocycles. The van der Waals surface area contributed by atoms with Crippen LogP contribution in [-0.4, -0.2) is 68.0 Å². The van der Waals surface area contributed by atoms with Crippen LogP contribution in [0.2, 0.25) is 0 Å². The Kier molecular flexibility index (Phi) is 8.57. The van der Waals surface area contributed by atoms with Crippen LogP contribution >= 0.6 is 0 Å². The molecule has 3 fully saturated rings. The number of ketones is 2. The molecule has 5 N–H and O–H groups in total. The number of aromatic nitrogens is 1. The SMILES string of the molecule is C[C@]12CCC(=O)C=C1CC[C@@H]1C2CC[C@@]2(C)C1CC[C@]2(O)C(=O)COC(=O)CCC(=O)NC(Cc1c[nH]c2ccc(O)cc12)C(=O)O. The number of rotatable bonds is 10. The van der Waals surface area contributed by atoms with Crippen molar-refractivity contribution in [2.45, 2.75) is 96.1 Å². The van der Waals surface area contributed by atoms with Crippen molar-refractivity contribution < 1.29 is 44.0 Å². The van der Waals surface area contributed by atoms with E-state index >= 15 is 0 Å². The number of H-pyrrole nitrogens is 1. The lowest BCUT2D eigenvalue weighted by atomic mass is 9.46. The number of esters is 1. The molecule has 1 aromatic heterocycles. The van der Waals surface area contributed by atoms with Crippen LogP contribution in [0.4, 0.5) is 0 Å². The maximum Gasteiger partial charge on any atom is 0.326 e. The van der Waals surface area contributed by atoms with Crippen LogP contribution in [0, 0.1) is 28.6 Å². The first kappa shape index (κ1) is 32.9. The van der Waals surface area contributed by atoms with E-state index in [9.17, 15) is 39.3 Å². The summed E-state index contributed by atoms with van der Waals surface area (Å²) >= 11 is 0. The summed E-state index contributed by atoms with van der Waals surface area (Å²) in [5.41, 5.74) is 0.290. The lowest BCUT2D eigenvalue weighted by molar-refractivity contribution is -0.170. The van der Waals surface area contributed by atoms with Gasteiger partial charge in [0.2, 0.25) is 11.7 Å². The number of phenols is 1. The van der Waals surface area contributed by atoms with Crippen molar-refractivity contribution in [2.24, 2.45) is 28.6 Å². The zero-order valence-electron chi connectivity index (χ0n) is 27.0. The van der Waals surface area contributed by atoms with Gasteiger partial charge in [-0.2, -0.15) is 0 Å². The second-order valence-electron chi connectivity index (χ2n) is 14.6. The molecular formula is C36H44N2O9. The predicted molar refractivity (Wildman–Crippen MR) is 170 cm³/mol. The molecule has 2 aromatic rings. The fourth-order valence-electron chi connectivity index (χ4n) is 9.61. The molecule has 7 atom stereocenters. The number of aromatic amines is 1. The highest BCUT2D eigenvalue weighted by atomic mass is 16.5. The van der Waals surface area contributed by atoms with Crippen molar-refractivity contribution in [2.75, 3.05) is 6.61 Å². The lowest BCUT2D eigenvalue weighted by Crippen LogP contribution is -2.58. The Morgan fingerprint density at radius 3 is 2.57 bits per heavy atom. The van der Waals surface area contributed by atoms with Crippen LogP contribution in [0.1, 0.15) is 83.6 Å².